The molecule has 2 rings (SSSR count). The van der Waals surface area contributed by atoms with Crippen LogP contribution in [0.15, 0.2) is 31.1 Å². The van der Waals surface area contributed by atoms with Crippen LogP contribution in [0.4, 0.5) is 0 Å². The molecule has 0 radical (unpaired) electrons. The van der Waals surface area contributed by atoms with Crippen molar-refractivity contribution in [3.63, 3.8) is 0 Å². The summed E-state index contributed by atoms with van der Waals surface area (Å²) in [5.74, 6) is 0.625. The van der Waals surface area contributed by atoms with Crippen LogP contribution in [-0.2, 0) is 6.54 Å². The summed E-state index contributed by atoms with van der Waals surface area (Å²) in [6.07, 6.45) is 5.65. The second-order valence-corrected chi connectivity index (χ2v) is 4.21. The fourth-order valence-electron chi connectivity index (χ4n) is 1.86. The molecule has 0 aliphatic rings. The number of hydrogen-bond donors (Lipinski definition) is 0. The molecule has 0 saturated heterocycles. The van der Waals surface area contributed by atoms with E-state index in [0.29, 0.717) is 5.92 Å². The highest BCUT2D eigenvalue weighted by molar-refractivity contribution is 5.82. The Balaban J connectivity index is 2.61. The van der Waals surface area contributed by atoms with Crippen LogP contribution in [0.25, 0.3) is 17.0 Å². The van der Waals surface area contributed by atoms with Gasteiger partial charge in [0.1, 0.15) is 0 Å². The molecule has 2 heteroatoms. The van der Waals surface area contributed by atoms with Crippen LogP contribution < -0.4 is 0 Å². The van der Waals surface area contributed by atoms with Crippen LogP contribution in [0.5, 0.6) is 0 Å². The number of nitrogens with zero attached hydrogens (tertiary/aromatic N) is 2. The number of hydrogen-bond acceptors (Lipinski definition) is 1. The second kappa shape index (κ2) is 3.89. The predicted octanol–water partition coefficient (Wildman–Crippen LogP) is 3.34. The fourth-order valence-corrected chi connectivity index (χ4v) is 1.86. The normalized spacial score (nSPS) is 11.1. The van der Waals surface area contributed by atoms with E-state index < -0.39 is 0 Å². The maximum Gasteiger partial charge on any atom is 0.0671 e. The van der Waals surface area contributed by atoms with E-state index >= 15 is 0 Å². The zero-order valence-electron chi connectivity index (χ0n) is 9.27. The van der Waals surface area contributed by atoms with Crippen molar-refractivity contribution < 1.29 is 0 Å². The molecule has 0 amide bonds. The van der Waals surface area contributed by atoms with Crippen molar-refractivity contribution >= 4 is 17.0 Å². The van der Waals surface area contributed by atoms with Gasteiger partial charge in [0.05, 0.1) is 11.7 Å². The molecule has 0 bridgehead atoms. The van der Waals surface area contributed by atoms with Crippen LogP contribution in [0.1, 0.15) is 19.5 Å². The molecule has 0 atom stereocenters. The lowest BCUT2D eigenvalue weighted by Crippen LogP contribution is -2.05. The first-order valence-corrected chi connectivity index (χ1v) is 5.28. The minimum absolute atomic E-state index is 0.625. The molecule has 0 spiro atoms. The van der Waals surface area contributed by atoms with E-state index in [1.165, 1.54) is 16.6 Å². The van der Waals surface area contributed by atoms with E-state index in [4.69, 9.17) is 0 Å². The summed E-state index contributed by atoms with van der Waals surface area (Å²) < 4.78 is 2.28. The van der Waals surface area contributed by atoms with Crippen molar-refractivity contribution in [3.05, 3.63) is 36.8 Å². The van der Waals surface area contributed by atoms with Crippen LogP contribution in [-0.4, -0.2) is 9.55 Å². The molecular weight excluding hydrogens is 184 g/mol. The van der Waals surface area contributed by atoms with Gasteiger partial charge in [-0.25, -0.2) is 0 Å². The van der Waals surface area contributed by atoms with Gasteiger partial charge in [-0.3, -0.25) is 4.98 Å². The molecule has 0 fully saturated rings. The van der Waals surface area contributed by atoms with Crippen molar-refractivity contribution in [3.8, 4) is 0 Å². The van der Waals surface area contributed by atoms with Gasteiger partial charge < -0.3 is 4.57 Å². The minimum Gasteiger partial charge on any atom is -0.339 e. The highest BCUT2D eigenvalue weighted by Gasteiger charge is 2.07. The predicted molar refractivity (Wildman–Crippen MR) is 64.7 cm³/mol. The second-order valence-electron chi connectivity index (χ2n) is 4.21. The number of rotatable bonds is 3. The van der Waals surface area contributed by atoms with Gasteiger partial charge in [-0.05, 0) is 24.1 Å². The molecular formula is C13H16N2. The monoisotopic (exact) mass is 200 g/mol. The zero-order valence-corrected chi connectivity index (χ0v) is 9.27. The van der Waals surface area contributed by atoms with Crippen LogP contribution in [0.3, 0.4) is 0 Å². The third-order valence-electron chi connectivity index (χ3n) is 2.50. The largest absolute Gasteiger partial charge is 0.339 e. The first-order chi connectivity index (χ1) is 7.22. The molecule has 2 aromatic rings. The molecule has 0 aromatic carbocycles. The van der Waals surface area contributed by atoms with Gasteiger partial charge in [0, 0.05) is 23.8 Å². The van der Waals surface area contributed by atoms with Crippen molar-refractivity contribution in [2.45, 2.75) is 20.4 Å². The van der Waals surface area contributed by atoms with Crippen molar-refractivity contribution in [1.82, 2.24) is 9.55 Å². The van der Waals surface area contributed by atoms with Gasteiger partial charge in [-0.2, -0.15) is 0 Å². The van der Waals surface area contributed by atoms with Crippen LogP contribution in [0.2, 0.25) is 0 Å². The zero-order chi connectivity index (χ0) is 10.8. The van der Waals surface area contributed by atoms with Gasteiger partial charge in [0.15, 0.2) is 0 Å². The first-order valence-electron chi connectivity index (χ1n) is 5.28. The Morgan fingerprint density at radius 3 is 3.00 bits per heavy atom. The molecule has 0 unspecified atom stereocenters. The molecule has 0 aliphatic carbocycles. The number of fused-ring (bicyclic) bond motifs is 1. The number of pyridine rings is 1. The van der Waals surface area contributed by atoms with Crippen LogP contribution >= 0.6 is 0 Å². The Kier molecular flexibility index (Phi) is 2.58. The molecule has 2 nitrogen and oxygen atoms in total. The topological polar surface area (TPSA) is 17.8 Å². The summed E-state index contributed by atoms with van der Waals surface area (Å²) in [4.78, 5) is 4.17. The molecule has 0 aliphatic heterocycles. The fraction of sp³-hybridized carbons (Fsp3) is 0.308. The van der Waals surface area contributed by atoms with Gasteiger partial charge >= 0.3 is 0 Å². The smallest absolute Gasteiger partial charge is 0.0671 e. The Labute approximate surface area is 90.3 Å². The maximum atomic E-state index is 4.17. The maximum absolute atomic E-state index is 4.17. The van der Waals surface area contributed by atoms with Crippen molar-refractivity contribution in [1.29, 1.82) is 0 Å². The number of aromatic nitrogens is 2. The summed E-state index contributed by atoms with van der Waals surface area (Å²) in [5.41, 5.74) is 2.37. The lowest BCUT2D eigenvalue weighted by molar-refractivity contribution is 0.533. The summed E-state index contributed by atoms with van der Waals surface area (Å²) in [6, 6.07) is 4.20. The standard InChI is InChI=1S/C13H16N2/c1-4-12-7-11-5-6-14-8-13(11)15(12)9-10(2)3/h4-8,10H,1,9H2,2-3H3. The summed E-state index contributed by atoms with van der Waals surface area (Å²) in [6.45, 7) is 9.30. The van der Waals surface area contributed by atoms with Gasteiger partial charge in [0.2, 0.25) is 0 Å². The highest BCUT2D eigenvalue weighted by atomic mass is 15.0. The lowest BCUT2D eigenvalue weighted by atomic mass is 10.2. The third-order valence-corrected chi connectivity index (χ3v) is 2.50. The minimum atomic E-state index is 0.625. The van der Waals surface area contributed by atoms with E-state index in [1.54, 1.807) is 0 Å². The van der Waals surface area contributed by atoms with E-state index in [0.717, 1.165) is 6.54 Å². The molecule has 2 aromatic heterocycles. The average molecular weight is 200 g/mol. The Morgan fingerprint density at radius 1 is 1.53 bits per heavy atom. The Hall–Kier alpha value is -1.57. The van der Waals surface area contributed by atoms with Gasteiger partial charge in [-0.15, -0.1) is 0 Å². The van der Waals surface area contributed by atoms with Crippen molar-refractivity contribution in [2.24, 2.45) is 5.92 Å². The summed E-state index contributed by atoms with van der Waals surface area (Å²) >= 11 is 0. The molecule has 15 heavy (non-hydrogen) atoms. The average Bonchev–Trinajstić information content (AvgIpc) is 2.56. The Bertz CT molecular complexity index is 480. The quantitative estimate of drug-likeness (QED) is 0.743. The first kappa shape index (κ1) is 9.97. The van der Waals surface area contributed by atoms with Crippen LogP contribution in [0, 0.1) is 5.92 Å². The van der Waals surface area contributed by atoms with E-state index in [1.807, 2.05) is 24.5 Å². The summed E-state index contributed by atoms with van der Waals surface area (Å²) in [7, 11) is 0. The molecule has 0 N–H and O–H groups in total. The highest BCUT2D eigenvalue weighted by Crippen LogP contribution is 2.20. The van der Waals surface area contributed by atoms with E-state index in [2.05, 4.69) is 36.0 Å². The lowest BCUT2D eigenvalue weighted by Gasteiger charge is -2.10. The molecule has 78 valence electrons. The summed E-state index contributed by atoms with van der Waals surface area (Å²) in [5, 5.41) is 1.24. The van der Waals surface area contributed by atoms with E-state index in [9.17, 15) is 0 Å². The Morgan fingerprint density at radius 2 is 2.33 bits per heavy atom. The third kappa shape index (κ3) is 1.80. The van der Waals surface area contributed by atoms with Gasteiger partial charge in [-0.1, -0.05) is 20.4 Å². The van der Waals surface area contributed by atoms with E-state index in [-0.39, 0.29) is 0 Å². The molecule has 0 saturated carbocycles. The van der Waals surface area contributed by atoms with Gasteiger partial charge in [0.25, 0.3) is 0 Å². The van der Waals surface area contributed by atoms with Crippen molar-refractivity contribution in [2.75, 3.05) is 0 Å². The SMILES string of the molecule is C=Cc1cc2ccncc2n1CC(C)C. The molecule has 2 heterocycles.